The van der Waals surface area contributed by atoms with Crippen molar-refractivity contribution < 1.29 is 33.6 Å². The molecule has 0 spiro atoms. The molecule has 8 fully saturated rings. The van der Waals surface area contributed by atoms with Gasteiger partial charge in [-0.1, -0.05) is 140 Å². The van der Waals surface area contributed by atoms with Gasteiger partial charge in [-0.3, -0.25) is 0 Å². The zero-order chi connectivity index (χ0) is 92.7. The van der Waals surface area contributed by atoms with E-state index in [0.717, 1.165) is 87.5 Å². The van der Waals surface area contributed by atoms with Crippen LogP contribution in [0.15, 0.2) is 322 Å². The van der Waals surface area contributed by atoms with Crippen LogP contribution >= 0.6 is 52.3 Å². The van der Waals surface area contributed by atoms with Crippen LogP contribution in [0.4, 0.5) is 0 Å². The number of thiophene rings is 5. The van der Waals surface area contributed by atoms with E-state index < -0.39 is 0 Å². The van der Waals surface area contributed by atoms with Crippen molar-refractivity contribution in [2.24, 2.45) is 53.3 Å². The van der Waals surface area contributed by atoms with Crippen LogP contribution in [0.25, 0.3) is 125 Å². The van der Waals surface area contributed by atoms with E-state index in [0.29, 0.717) is 24.4 Å². The van der Waals surface area contributed by atoms with Gasteiger partial charge >= 0.3 is 5.97 Å². The molecule has 7 nitrogen and oxygen atoms in total. The quantitative estimate of drug-likeness (QED) is 0.0474. The standard InChI is InChI=1S/C33H35O3S.C32H35O2S.C21H19OS.C20H16OS.C18H13S/c1-20-12-26(37-29-10-6-4-8-27(29)28-9-5-7-11-30(28)37)13-21(2)32(20)35-19-31(34)36-33(3)24-15-22-14-23(17-24)18-25(33)16-22;1-20-11-26(35-30-9-5-3-7-27(30)28-8-4-6-10-31(28)35)12-21(2)32(20)34-19-33-18-29-24-14-22-13-23(16-24)17-25(29)15-22;1-14-12-16(13-15(2)21(14)22-3)23-19-10-6-4-8-17(19)18-9-5-7-11-20(18)23;1-13-11-15(12-14(2)20(13)21)22-18-9-5-3-7-16(18)17-8-4-6-10-19(17)22;1-2-8-14(9-3-1)19-17-12-6-4-10-15(17)16-11-5-7-13-18(16)19/h4-13,22-25H,14-19H2,1-3H3;3-12,22-25,29H,13-19H2,1-2H3;4-13H,1-3H3;3-12H,1-2H3;1-13H/q3*+1;;+1/p+1. The van der Waals surface area contributed by atoms with Crippen molar-refractivity contribution in [2.75, 3.05) is 27.1 Å². The first-order chi connectivity index (χ1) is 66.4. The van der Waals surface area contributed by atoms with Crippen LogP contribution in [0.5, 0.6) is 23.0 Å². The fourth-order valence-corrected chi connectivity index (χ4v) is 37.9. The highest BCUT2D eigenvalue weighted by Gasteiger charge is 2.57. The summed E-state index contributed by atoms with van der Waals surface area (Å²) in [4.78, 5) is 19.8. The number of aromatic hydroxyl groups is 1. The number of rotatable bonds is 15. The maximum atomic E-state index is 13.0. The number of esters is 1. The Kier molecular flexibility index (Phi) is 24.6. The van der Waals surface area contributed by atoms with Crippen molar-refractivity contribution >= 4 is 159 Å². The fraction of sp³-hybridized carbons (Fsp3) is 0.266. The average Bonchev–Trinajstić information content (AvgIpc) is 1.32. The molecule has 0 unspecified atom stereocenters. The SMILES string of the molecule is COc1c(C)cc(-[s+]2c3ccccc3c3ccccc32)cc1C.Cc1cc(-[s+]2c3ccccc3c3ccccc32)cc(C)c1O.Cc1cc(-[s+]2c3ccccc3c3ccccc32)cc(C)c1OCC(=O)OC1(C)C2CC3CC(C2)CC1C3.Cc1cc(-[s+]2c3ccccc3c3ccccc32)cc(C)c1OCOCC1C2CC3CC(C2)CC1C3.c1ccc(-[s+]2c3ccccc3c3ccccc32)cc1. The maximum Gasteiger partial charge on any atom is 0.344 e. The molecule has 1 N–H and O–H groups in total. The number of ether oxygens (including phenoxy) is 5. The van der Waals surface area contributed by atoms with E-state index in [1.54, 1.807) is 7.11 Å². The minimum atomic E-state index is -0.313. The van der Waals surface area contributed by atoms with Gasteiger partial charge in [-0.2, -0.15) is 0 Å². The second kappa shape index (κ2) is 37.5. The molecule has 682 valence electrons. The highest BCUT2D eigenvalue weighted by molar-refractivity contribution is 7.52. The van der Waals surface area contributed by atoms with E-state index in [-0.39, 0.29) is 70.5 Å². The lowest BCUT2D eigenvalue weighted by Crippen LogP contribution is -2.58. The molecule has 12 heteroatoms. The zero-order valence-corrected chi connectivity index (χ0v) is 83.5. The number of aryl methyl sites for hydroxylation is 8. The van der Waals surface area contributed by atoms with Crippen LogP contribution in [0.1, 0.15) is 116 Å². The molecule has 20 aromatic rings. The molecule has 136 heavy (non-hydrogen) atoms. The monoisotopic (exact) mass is 1880 g/mol. The first-order valence-corrected chi connectivity index (χ1v) is 54.9. The molecule has 5 heterocycles. The summed E-state index contributed by atoms with van der Waals surface area (Å²) in [6.45, 7) is 20.2. The van der Waals surface area contributed by atoms with Crippen LogP contribution in [-0.2, 0) is 14.3 Å². The smallest absolute Gasteiger partial charge is 0.344 e. The number of phenolic OH excluding ortho intramolecular Hbond substituents is 1. The van der Waals surface area contributed by atoms with Gasteiger partial charge in [-0.25, -0.2) is 4.79 Å². The number of hydrogen-bond acceptors (Lipinski definition) is 7. The number of fused-ring (bicyclic) bond motifs is 15. The Morgan fingerprint density at radius 1 is 0.301 bits per heavy atom. The molecule has 8 bridgehead atoms. The lowest BCUT2D eigenvalue weighted by Gasteiger charge is -2.59. The van der Waals surface area contributed by atoms with E-state index in [9.17, 15) is 9.90 Å². The molecular formula is C124H119O7S5+5. The lowest BCUT2D eigenvalue weighted by molar-refractivity contribution is -0.204. The van der Waals surface area contributed by atoms with E-state index in [4.69, 9.17) is 23.7 Å². The fourth-order valence-electron chi connectivity index (χ4n) is 25.3. The number of hydrogen-bond donors (Lipinski definition) is 1. The van der Waals surface area contributed by atoms with Crippen LogP contribution in [-0.4, -0.2) is 43.8 Å². The highest BCUT2D eigenvalue weighted by Crippen LogP contribution is 2.62. The summed E-state index contributed by atoms with van der Waals surface area (Å²) >= 11 is 0. The summed E-state index contributed by atoms with van der Waals surface area (Å²) < 4.78 is 44.5. The summed E-state index contributed by atoms with van der Waals surface area (Å²) in [6, 6.07) is 117. The molecule has 0 saturated heterocycles. The first kappa shape index (κ1) is 89.3. The first-order valence-electron chi connectivity index (χ1n) is 48.8. The minimum absolute atomic E-state index is 0.0269. The Balaban J connectivity index is 0.000000101. The lowest BCUT2D eigenvalue weighted by atomic mass is 9.50. The Morgan fingerprint density at radius 2 is 0.544 bits per heavy atom. The van der Waals surface area contributed by atoms with Gasteiger partial charge in [-0.05, 0) is 358 Å². The van der Waals surface area contributed by atoms with Gasteiger partial charge in [0.15, 0.2) is 84.9 Å². The van der Waals surface area contributed by atoms with Crippen LogP contribution < -0.4 is 14.2 Å². The summed E-state index contributed by atoms with van der Waals surface area (Å²) in [5.41, 5.74) is 8.53. The molecule has 0 atom stereocenters. The predicted molar refractivity (Wildman–Crippen MR) is 581 cm³/mol. The predicted octanol–water partition coefficient (Wildman–Crippen LogP) is 35.4. The van der Waals surface area contributed by atoms with Crippen molar-refractivity contribution in [3.8, 4) is 47.5 Å². The largest absolute Gasteiger partial charge is 0.507 e. The van der Waals surface area contributed by atoms with Gasteiger partial charge in [-0.15, -0.1) is 0 Å². The zero-order valence-electron chi connectivity index (χ0n) is 79.4. The summed E-state index contributed by atoms with van der Waals surface area (Å²) in [7, 11) is 1.49. The van der Waals surface area contributed by atoms with Crippen LogP contribution in [0.3, 0.4) is 0 Å². The Hall–Kier alpha value is -12.0. The molecule has 0 amide bonds. The maximum absolute atomic E-state index is 13.0. The minimum Gasteiger partial charge on any atom is -0.507 e. The second-order valence-corrected chi connectivity index (χ2v) is 49.4. The van der Waals surface area contributed by atoms with Crippen molar-refractivity contribution in [2.45, 2.75) is 132 Å². The van der Waals surface area contributed by atoms with Crippen molar-refractivity contribution in [3.63, 3.8) is 0 Å². The molecule has 8 saturated carbocycles. The number of benzene rings is 15. The third kappa shape index (κ3) is 16.5. The molecule has 28 rings (SSSR count). The average molecular weight is 1880 g/mol. The second-order valence-electron chi connectivity index (χ2n) is 39.6. The van der Waals surface area contributed by atoms with E-state index in [1.807, 2.05) is 13.8 Å². The number of methoxy groups -OCH3 is 1. The van der Waals surface area contributed by atoms with Gasteiger partial charge < -0.3 is 28.8 Å². The van der Waals surface area contributed by atoms with Gasteiger partial charge in [0.05, 0.1) is 13.7 Å². The Bertz CT molecular complexity index is 7560. The van der Waals surface area contributed by atoms with E-state index in [1.165, 1.54) is 212 Å². The third-order valence-electron chi connectivity index (χ3n) is 30.9. The molecule has 8 aliphatic carbocycles. The van der Waals surface area contributed by atoms with Crippen molar-refractivity contribution in [1.29, 1.82) is 0 Å². The van der Waals surface area contributed by atoms with Crippen LogP contribution in [0.2, 0.25) is 0 Å². The summed E-state index contributed by atoms with van der Waals surface area (Å²) in [5.74, 6) is 10.4. The van der Waals surface area contributed by atoms with Gasteiger partial charge in [0.1, 0.15) is 28.6 Å². The molecular weight excluding hydrogens is 1760 g/mol. The number of carbonyl (C=O) groups is 1. The third-order valence-corrected chi connectivity index (χ3v) is 42.4. The van der Waals surface area contributed by atoms with Crippen molar-refractivity contribution in [3.05, 3.63) is 366 Å². The summed E-state index contributed by atoms with van der Waals surface area (Å²) in [6.07, 6.45) is 13.6. The highest BCUT2D eigenvalue weighted by atomic mass is 32.2. The summed E-state index contributed by atoms with van der Waals surface area (Å²) in [5, 5.41) is 23.7. The number of carbonyl (C=O) groups excluding carboxylic acids is 1. The van der Waals surface area contributed by atoms with Gasteiger partial charge in [0.25, 0.3) is 0 Å². The van der Waals surface area contributed by atoms with Crippen molar-refractivity contribution in [1.82, 2.24) is 0 Å². The normalized spacial score (nSPS) is 20.0. The molecule has 0 radical (unpaired) electrons. The number of phenols is 1. The van der Waals surface area contributed by atoms with E-state index >= 15 is 0 Å². The van der Waals surface area contributed by atoms with Gasteiger partial charge in [0.2, 0.25) is 0 Å². The van der Waals surface area contributed by atoms with Gasteiger partial charge in [0, 0.05) is 155 Å². The van der Waals surface area contributed by atoms with E-state index in [2.05, 4.69) is 370 Å². The topological polar surface area (TPSA) is 83.5 Å². The molecule has 0 aliphatic heterocycles. The molecule has 8 aliphatic rings. The van der Waals surface area contributed by atoms with Crippen LogP contribution in [0, 0.1) is 109 Å². The Labute approximate surface area is 812 Å². The molecule has 5 aromatic heterocycles. The molecule has 15 aromatic carbocycles. The Morgan fingerprint density at radius 3 is 0.831 bits per heavy atom.